The fourth-order valence-corrected chi connectivity index (χ4v) is 7.64. The van der Waals surface area contributed by atoms with Crippen molar-refractivity contribution in [1.82, 2.24) is 0 Å². The van der Waals surface area contributed by atoms with Gasteiger partial charge in [-0.05, 0) is 96.3 Å². The lowest BCUT2D eigenvalue weighted by Gasteiger charge is -2.18. The van der Waals surface area contributed by atoms with Gasteiger partial charge in [0.25, 0.3) is 0 Å². The predicted octanol–water partition coefficient (Wildman–Crippen LogP) is 18.0. The summed E-state index contributed by atoms with van der Waals surface area (Å²) in [5.41, 5.74) is 0. The molecule has 0 aliphatic heterocycles. The van der Waals surface area contributed by atoms with E-state index in [1.807, 2.05) is 0 Å². The van der Waals surface area contributed by atoms with Crippen molar-refractivity contribution in [1.29, 1.82) is 0 Å². The molecule has 0 bridgehead atoms. The molecule has 0 aliphatic carbocycles. The Morgan fingerprint density at radius 1 is 0.344 bits per heavy atom. The second kappa shape index (κ2) is 52.7. The van der Waals surface area contributed by atoms with Crippen LogP contribution in [-0.2, 0) is 28.6 Å². The molecule has 64 heavy (non-hydrogen) atoms. The summed E-state index contributed by atoms with van der Waals surface area (Å²) in [7, 11) is 0. The van der Waals surface area contributed by atoms with E-state index in [-0.39, 0.29) is 31.1 Å². The molecule has 1 atom stereocenters. The highest BCUT2D eigenvalue weighted by Gasteiger charge is 2.19. The van der Waals surface area contributed by atoms with E-state index in [1.165, 1.54) is 141 Å². The van der Waals surface area contributed by atoms with Gasteiger partial charge in [-0.2, -0.15) is 0 Å². The van der Waals surface area contributed by atoms with Crippen molar-refractivity contribution >= 4 is 17.9 Å². The van der Waals surface area contributed by atoms with Crippen molar-refractivity contribution in [2.45, 2.75) is 277 Å². The van der Waals surface area contributed by atoms with Gasteiger partial charge in [0.15, 0.2) is 6.10 Å². The van der Waals surface area contributed by atoms with E-state index in [0.717, 1.165) is 89.9 Å². The zero-order valence-electron chi connectivity index (χ0n) is 42.3. The van der Waals surface area contributed by atoms with Crippen LogP contribution in [0.25, 0.3) is 0 Å². The number of carbonyl (C=O) groups is 3. The maximum atomic E-state index is 12.8. The number of unbranched alkanes of at least 4 members (excludes halogenated alkanes) is 29. The molecular weight excluding hydrogens is 793 g/mol. The normalized spacial score (nSPS) is 12.5. The summed E-state index contributed by atoms with van der Waals surface area (Å²) in [6.07, 6.45) is 64.9. The van der Waals surface area contributed by atoms with Gasteiger partial charge in [0.2, 0.25) is 0 Å². The highest BCUT2D eigenvalue weighted by Crippen LogP contribution is 2.15. The quantitative estimate of drug-likeness (QED) is 0.0199. The lowest BCUT2D eigenvalue weighted by molar-refractivity contribution is -0.167. The molecule has 0 saturated carbocycles. The van der Waals surface area contributed by atoms with Gasteiger partial charge in [0, 0.05) is 19.3 Å². The molecule has 0 radical (unpaired) electrons. The third-order valence-electron chi connectivity index (χ3n) is 11.8. The molecule has 0 saturated heterocycles. The molecule has 0 aromatic carbocycles. The van der Waals surface area contributed by atoms with Crippen molar-refractivity contribution in [2.24, 2.45) is 0 Å². The Kier molecular flexibility index (Phi) is 50.4. The predicted molar refractivity (Wildman–Crippen MR) is 275 cm³/mol. The summed E-state index contributed by atoms with van der Waals surface area (Å²) in [6, 6.07) is 0. The SMILES string of the molecule is CC/C=C\C/C=C\CCCCCCCCCC(=O)OCC(COC(=O)CCCCCCCCC/C=C\CCCCCCCC)OC(=O)CCCCCCCC/C=C\C=C/CCCCC. The minimum Gasteiger partial charge on any atom is -0.462 e. The number of hydrogen-bond acceptors (Lipinski definition) is 6. The number of hydrogen-bond donors (Lipinski definition) is 0. The summed E-state index contributed by atoms with van der Waals surface area (Å²) < 4.78 is 16.8. The van der Waals surface area contributed by atoms with Gasteiger partial charge >= 0.3 is 17.9 Å². The van der Waals surface area contributed by atoms with E-state index in [4.69, 9.17) is 14.2 Å². The maximum absolute atomic E-state index is 12.8. The average molecular weight is 895 g/mol. The number of ether oxygens (including phenoxy) is 3. The fourth-order valence-electron chi connectivity index (χ4n) is 7.64. The highest BCUT2D eigenvalue weighted by atomic mass is 16.6. The topological polar surface area (TPSA) is 78.9 Å². The Morgan fingerprint density at radius 3 is 1.08 bits per heavy atom. The zero-order valence-corrected chi connectivity index (χ0v) is 42.3. The van der Waals surface area contributed by atoms with Crippen molar-refractivity contribution in [3.63, 3.8) is 0 Å². The van der Waals surface area contributed by atoms with Gasteiger partial charge < -0.3 is 14.2 Å². The molecule has 0 N–H and O–H groups in total. The van der Waals surface area contributed by atoms with Crippen LogP contribution in [0.5, 0.6) is 0 Å². The minimum atomic E-state index is -0.785. The summed E-state index contributed by atoms with van der Waals surface area (Å²) >= 11 is 0. The highest BCUT2D eigenvalue weighted by molar-refractivity contribution is 5.71. The molecule has 6 heteroatoms. The Hall–Kier alpha value is -2.89. The number of allylic oxidation sites excluding steroid dienone is 10. The van der Waals surface area contributed by atoms with Crippen LogP contribution in [0.2, 0.25) is 0 Å². The first-order chi connectivity index (χ1) is 31.5. The number of esters is 3. The standard InChI is InChI=1S/C58H102O6/c1-4-7-10-13-16-19-22-25-28-29-31-33-36-39-42-45-48-51-57(60)63-54-55(53-62-56(59)50-47-44-41-38-35-32-27-24-21-18-15-12-9-6-3)64-58(61)52-49-46-43-40-37-34-30-26-23-20-17-14-11-8-5-2/h9,12,17-18,20-21,23,25-26,28,55H,4-8,10-11,13-16,19,22,24,27,29-54H2,1-3H3/b12-9-,20-17-,21-18-,26-23-,28-25-. The Bertz CT molecular complexity index is 1170. The molecule has 0 spiro atoms. The molecule has 0 fully saturated rings. The summed E-state index contributed by atoms with van der Waals surface area (Å²) in [6.45, 7) is 6.50. The van der Waals surface area contributed by atoms with Gasteiger partial charge in [-0.25, -0.2) is 0 Å². The largest absolute Gasteiger partial charge is 0.462 e. The van der Waals surface area contributed by atoms with Gasteiger partial charge in [0.05, 0.1) is 0 Å². The van der Waals surface area contributed by atoms with Crippen molar-refractivity contribution in [3.05, 3.63) is 60.8 Å². The van der Waals surface area contributed by atoms with Crippen molar-refractivity contribution in [3.8, 4) is 0 Å². The Labute approximate surface area is 396 Å². The monoisotopic (exact) mass is 895 g/mol. The first-order valence-electron chi connectivity index (χ1n) is 27.3. The second-order valence-corrected chi connectivity index (χ2v) is 18.1. The molecule has 0 rings (SSSR count). The molecule has 0 aromatic heterocycles. The van der Waals surface area contributed by atoms with Crippen LogP contribution < -0.4 is 0 Å². The first kappa shape index (κ1) is 61.1. The third kappa shape index (κ3) is 50.1. The average Bonchev–Trinajstić information content (AvgIpc) is 3.29. The number of rotatable bonds is 49. The van der Waals surface area contributed by atoms with Gasteiger partial charge in [-0.15, -0.1) is 0 Å². The van der Waals surface area contributed by atoms with Gasteiger partial charge in [-0.3, -0.25) is 14.4 Å². The van der Waals surface area contributed by atoms with Crippen LogP contribution in [0.1, 0.15) is 271 Å². The lowest BCUT2D eigenvalue weighted by atomic mass is 10.1. The van der Waals surface area contributed by atoms with Gasteiger partial charge in [0.1, 0.15) is 13.2 Å². The molecule has 6 nitrogen and oxygen atoms in total. The third-order valence-corrected chi connectivity index (χ3v) is 11.8. The van der Waals surface area contributed by atoms with E-state index >= 15 is 0 Å². The Morgan fingerprint density at radius 2 is 0.656 bits per heavy atom. The van der Waals surface area contributed by atoms with Crippen LogP contribution >= 0.6 is 0 Å². The fraction of sp³-hybridized carbons (Fsp3) is 0.776. The van der Waals surface area contributed by atoms with Crippen LogP contribution in [0.3, 0.4) is 0 Å². The summed E-state index contributed by atoms with van der Waals surface area (Å²) in [5, 5.41) is 0. The number of carbonyl (C=O) groups excluding carboxylic acids is 3. The Balaban J connectivity index is 4.39. The summed E-state index contributed by atoms with van der Waals surface area (Å²) in [4.78, 5) is 38.1. The first-order valence-corrected chi connectivity index (χ1v) is 27.3. The summed E-state index contributed by atoms with van der Waals surface area (Å²) in [5.74, 6) is -0.901. The van der Waals surface area contributed by atoms with Crippen LogP contribution in [0.4, 0.5) is 0 Å². The molecule has 370 valence electrons. The van der Waals surface area contributed by atoms with Crippen LogP contribution in [0, 0.1) is 0 Å². The van der Waals surface area contributed by atoms with Gasteiger partial charge in [-0.1, -0.05) is 216 Å². The van der Waals surface area contributed by atoms with Crippen LogP contribution in [0.15, 0.2) is 60.8 Å². The van der Waals surface area contributed by atoms with E-state index in [0.29, 0.717) is 19.3 Å². The maximum Gasteiger partial charge on any atom is 0.306 e. The van der Waals surface area contributed by atoms with E-state index < -0.39 is 6.10 Å². The second-order valence-electron chi connectivity index (χ2n) is 18.1. The molecule has 0 aromatic rings. The zero-order chi connectivity index (χ0) is 46.5. The molecule has 1 unspecified atom stereocenters. The van der Waals surface area contributed by atoms with E-state index in [1.54, 1.807) is 0 Å². The smallest absolute Gasteiger partial charge is 0.306 e. The van der Waals surface area contributed by atoms with E-state index in [2.05, 4.69) is 81.5 Å². The van der Waals surface area contributed by atoms with E-state index in [9.17, 15) is 14.4 Å². The van der Waals surface area contributed by atoms with Crippen molar-refractivity contribution in [2.75, 3.05) is 13.2 Å². The van der Waals surface area contributed by atoms with Crippen molar-refractivity contribution < 1.29 is 28.6 Å². The lowest BCUT2D eigenvalue weighted by Crippen LogP contribution is -2.30. The molecular formula is C58H102O6. The molecule has 0 amide bonds. The molecule has 0 heterocycles. The minimum absolute atomic E-state index is 0.0833. The molecule has 0 aliphatic rings. The van der Waals surface area contributed by atoms with Crippen LogP contribution in [-0.4, -0.2) is 37.2 Å².